The zero-order valence-electron chi connectivity index (χ0n) is 6.91. The van der Waals surface area contributed by atoms with Crippen LogP contribution in [-0.4, -0.2) is 12.3 Å². The molecule has 0 N–H and O–H groups in total. The summed E-state index contributed by atoms with van der Waals surface area (Å²) in [6, 6.07) is 5.16. The van der Waals surface area contributed by atoms with Crippen molar-refractivity contribution >= 4 is 28.2 Å². The average Bonchev–Trinajstić information content (AvgIpc) is 2.09. The van der Waals surface area contributed by atoms with Crippen LogP contribution in [0.1, 0.15) is 5.56 Å². The van der Waals surface area contributed by atoms with Gasteiger partial charge in [0, 0.05) is 4.47 Å². The Morgan fingerprint density at radius 2 is 2.23 bits per heavy atom. The summed E-state index contributed by atoms with van der Waals surface area (Å²) >= 11 is 3.27. The van der Waals surface area contributed by atoms with Crippen molar-refractivity contribution in [3.63, 3.8) is 0 Å². The van der Waals surface area contributed by atoms with Crippen molar-refractivity contribution in [1.82, 2.24) is 0 Å². The zero-order chi connectivity index (χ0) is 9.84. The van der Waals surface area contributed by atoms with Crippen molar-refractivity contribution in [2.24, 2.45) is 0 Å². The summed E-state index contributed by atoms with van der Waals surface area (Å²) in [6.07, 6.45) is 0.140. The second-order valence-corrected chi connectivity index (χ2v) is 3.36. The van der Waals surface area contributed by atoms with Gasteiger partial charge in [0.2, 0.25) is 6.29 Å². The Morgan fingerprint density at radius 1 is 1.54 bits per heavy atom. The molecule has 0 saturated carbocycles. The van der Waals surface area contributed by atoms with Crippen LogP contribution in [0.5, 0.6) is 5.75 Å². The first-order chi connectivity index (χ1) is 6.13. The minimum Gasteiger partial charge on any atom is -0.421 e. The van der Waals surface area contributed by atoms with Crippen LogP contribution in [0.2, 0.25) is 0 Å². The van der Waals surface area contributed by atoms with Crippen LogP contribution in [-0.2, 0) is 9.59 Å². The Bertz CT molecular complexity index is 347. The summed E-state index contributed by atoms with van der Waals surface area (Å²) in [7, 11) is 0. The fourth-order valence-corrected chi connectivity index (χ4v) is 1.34. The maximum atomic E-state index is 10.6. The van der Waals surface area contributed by atoms with Gasteiger partial charge in [0.25, 0.3) is 0 Å². The normalized spacial score (nSPS) is 9.38. The summed E-state index contributed by atoms with van der Waals surface area (Å²) in [6.45, 7) is 1.79. The average molecular weight is 243 g/mol. The maximum absolute atomic E-state index is 10.6. The molecule has 0 amide bonds. The second kappa shape index (κ2) is 4.18. The summed E-state index contributed by atoms with van der Waals surface area (Å²) < 4.78 is 5.62. The number of rotatable bonds is 2. The Labute approximate surface area is 83.8 Å². The maximum Gasteiger partial charge on any atom is 0.376 e. The third kappa shape index (κ3) is 2.66. The second-order valence-electron chi connectivity index (χ2n) is 2.45. The lowest BCUT2D eigenvalue weighted by Crippen LogP contribution is -2.09. The SMILES string of the molecule is Cc1cc(Br)ccc1OC(=O)C=O. The zero-order valence-corrected chi connectivity index (χ0v) is 8.50. The number of hydrogen-bond donors (Lipinski definition) is 0. The molecule has 0 aliphatic carbocycles. The predicted octanol–water partition coefficient (Wildman–Crippen LogP) is 1.86. The number of aldehydes is 1. The molecule has 1 aromatic carbocycles. The van der Waals surface area contributed by atoms with Crippen LogP contribution in [0.4, 0.5) is 0 Å². The van der Waals surface area contributed by atoms with Gasteiger partial charge >= 0.3 is 5.97 Å². The fourth-order valence-electron chi connectivity index (χ4n) is 0.860. The number of benzene rings is 1. The summed E-state index contributed by atoms with van der Waals surface area (Å²) in [5, 5.41) is 0. The number of aryl methyl sites for hydroxylation is 1. The van der Waals surface area contributed by atoms with E-state index in [2.05, 4.69) is 15.9 Å². The van der Waals surface area contributed by atoms with Gasteiger partial charge < -0.3 is 4.74 Å². The quantitative estimate of drug-likeness (QED) is 0.344. The molecule has 0 atom stereocenters. The molecular formula is C9H7BrO3. The highest BCUT2D eigenvalue weighted by atomic mass is 79.9. The molecule has 1 rings (SSSR count). The van der Waals surface area contributed by atoms with E-state index in [-0.39, 0.29) is 6.29 Å². The van der Waals surface area contributed by atoms with Gasteiger partial charge in [0.1, 0.15) is 5.75 Å². The van der Waals surface area contributed by atoms with Crippen LogP contribution in [0, 0.1) is 6.92 Å². The molecule has 13 heavy (non-hydrogen) atoms. The van der Waals surface area contributed by atoms with Gasteiger partial charge in [-0.1, -0.05) is 15.9 Å². The molecule has 1 aromatic rings. The molecule has 0 spiro atoms. The van der Waals surface area contributed by atoms with Crippen LogP contribution >= 0.6 is 15.9 Å². The first-order valence-electron chi connectivity index (χ1n) is 3.56. The molecule has 0 radical (unpaired) electrons. The molecule has 0 aliphatic rings. The van der Waals surface area contributed by atoms with Crippen molar-refractivity contribution < 1.29 is 14.3 Å². The van der Waals surface area contributed by atoms with Crippen molar-refractivity contribution in [2.45, 2.75) is 6.92 Å². The molecule has 0 heterocycles. The molecule has 0 aliphatic heterocycles. The van der Waals surface area contributed by atoms with E-state index >= 15 is 0 Å². The molecule has 0 fully saturated rings. The van der Waals surface area contributed by atoms with Gasteiger partial charge in [-0.05, 0) is 30.7 Å². The minimum atomic E-state index is -0.884. The molecule has 3 nitrogen and oxygen atoms in total. The Kier molecular flexibility index (Phi) is 3.19. The van der Waals surface area contributed by atoms with Gasteiger partial charge in [-0.3, -0.25) is 4.79 Å². The lowest BCUT2D eigenvalue weighted by atomic mass is 10.2. The molecular weight excluding hydrogens is 236 g/mol. The minimum absolute atomic E-state index is 0.140. The van der Waals surface area contributed by atoms with Crippen LogP contribution < -0.4 is 4.74 Å². The van der Waals surface area contributed by atoms with Gasteiger partial charge in [-0.25, -0.2) is 4.79 Å². The Balaban J connectivity index is 2.89. The van der Waals surface area contributed by atoms with Crippen LogP contribution in [0.3, 0.4) is 0 Å². The topological polar surface area (TPSA) is 43.4 Å². The van der Waals surface area contributed by atoms with E-state index in [9.17, 15) is 9.59 Å². The van der Waals surface area contributed by atoms with Crippen LogP contribution in [0.25, 0.3) is 0 Å². The van der Waals surface area contributed by atoms with Gasteiger partial charge in [0.15, 0.2) is 0 Å². The molecule has 0 bridgehead atoms. The molecule has 0 aromatic heterocycles. The van der Waals surface area contributed by atoms with Crippen molar-refractivity contribution in [3.05, 3.63) is 28.2 Å². The molecule has 0 unspecified atom stereocenters. The van der Waals surface area contributed by atoms with E-state index in [4.69, 9.17) is 4.74 Å². The first kappa shape index (κ1) is 9.92. The van der Waals surface area contributed by atoms with Crippen LogP contribution in [0.15, 0.2) is 22.7 Å². The molecule has 0 saturated heterocycles. The third-order valence-corrected chi connectivity index (χ3v) is 1.94. The van der Waals surface area contributed by atoms with Gasteiger partial charge in [-0.15, -0.1) is 0 Å². The highest BCUT2D eigenvalue weighted by Crippen LogP contribution is 2.21. The number of carbonyl (C=O) groups excluding carboxylic acids is 2. The number of carbonyl (C=O) groups is 2. The fraction of sp³-hybridized carbons (Fsp3) is 0.111. The Hall–Kier alpha value is -1.16. The lowest BCUT2D eigenvalue weighted by molar-refractivity contribution is -0.141. The van der Waals surface area contributed by atoms with E-state index in [1.54, 1.807) is 25.1 Å². The van der Waals surface area contributed by atoms with Crippen molar-refractivity contribution in [1.29, 1.82) is 0 Å². The highest BCUT2D eigenvalue weighted by Gasteiger charge is 2.05. The standard InChI is InChI=1S/C9H7BrO3/c1-6-4-7(10)2-3-8(6)13-9(12)5-11/h2-5H,1H3. The van der Waals surface area contributed by atoms with E-state index in [1.807, 2.05) is 0 Å². The highest BCUT2D eigenvalue weighted by molar-refractivity contribution is 9.10. The Morgan fingerprint density at radius 3 is 2.77 bits per heavy atom. The summed E-state index contributed by atoms with van der Waals surface area (Å²) in [5.41, 5.74) is 0.796. The number of hydrogen-bond acceptors (Lipinski definition) is 3. The van der Waals surface area contributed by atoms with Gasteiger partial charge in [0.05, 0.1) is 0 Å². The lowest BCUT2D eigenvalue weighted by Gasteiger charge is -2.03. The van der Waals surface area contributed by atoms with Gasteiger partial charge in [-0.2, -0.15) is 0 Å². The number of esters is 1. The van der Waals surface area contributed by atoms with E-state index < -0.39 is 5.97 Å². The monoisotopic (exact) mass is 242 g/mol. The number of halogens is 1. The van der Waals surface area contributed by atoms with E-state index in [1.165, 1.54) is 0 Å². The van der Waals surface area contributed by atoms with E-state index in [0.717, 1.165) is 10.0 Å². The predicted molar refractivity (Wildman–Crippen MR) is 50.6 cm³/mol. The third-order valence-electron chi connectivity index (χ3n) is 1.44. The molecule has 4 heteroatoms. The summed E-state index contributed by atoms with van der Waals surface area (Å²) in [5.74, 6) is -0.481. The van der Waals surface area contributed by atoms with Crippen molar-refractivity contribution in [3.8, 4) is 5.75 Å². The smallest absolute Gasteiger partial charge is 0.376 e. The number of ether oxygens (including phenoxy) is 1. The first-order valence-corrected chi connectivity index (χ1v) is 4.36. The van der Waals surface area contributed by atoms with E-state index in [0.29, 0.717) is 5.75 Å². The summed E-state index contributed by atoms with van der Waals surface area (Å²) in [4.78, 5) is 20.6. The molecule has 68 valence electrons. The largest absolute Gasteiger partial charge is 0.421 e. The van der Waals surface area contributed by atoms with Crippen molar-refractivity contribution in [2.75, 3.05) is 0 Å².